The zero-order valence-corrected chi connectivity index (χ0v) is 7.80. The van der Waals surface area contributed by atoms with Crippen LogP contribution in [0.3, 0.4) is 0 Å². The highest BCUT2D eigenvalue weighted by atomic mass is 15.3. The topological polar surface area (TPSA) is 56.7 Å². The van der Waals surface area contributed by atoms with Gasteiger partial charge in [0.25, 0.3) is 0 Å². The molecule has 2 aromatic rings. The molecule has 2 heterocycles. The van der Waals surface area contributed by atoms with E-state index in [4.69, 9.17) is 5.73 Å². The lowest BCUT2D eigenvalue weighted by Crippen LogP contribution is -2.04. The van der Waals surface area contributed by atoms with E-state index in [9.17, 15) is 0 Å². The van der Waals surface area contributed by atoms with Crippen molar-refractivity contribution in [2.75, 3.05) is 6.54 Å². The van der Waals surface area contributed by atoms with Gasteiger partial charge in [-0.3, -0.25) is 4.98 Å². The van der Waals surface area contributed by atoms with Crippen LogP contribution in [0.15, 0.2) is 36.9 Å². The maximum atomic E-state index is 5.48. The van der Waals surface area contributed by atoms with Crippen molar-refractivity contribution in [3.05, 3.63) is 42.5 Å². The Balaban J connectivity index is 2.31. The minimum atomic E-state index is 0.643. The Morgan fingerprint density at radius 1 is 1.36 bits per heavy atom. The molecule has 0 fully saturated rings. The Labute approximate surface area is 82.4 Å². The number of nitrogens with two attached hydrogens (primary N) is 1. The van der Waals surface area contributed by atoms with E-state index < -0.39 is 0 Å². The molecular weight excluding hydrogens is 176 g/mol. The highest BCUT2D eigenvalue weighted by molar-refractivity contribution is 5.31. The maximum Gasteiger partial charge on any atom is 0.0831 e. The summed E-state index contributed by atoms with van der Waals surface area (Å²) in [6, 6.07) is 3.93. The van der Waals surface area contributed by atoms with Gasteiger partial charge in [0.15, 0.2) is 0 Å². The molecule has 0 aromatic carbocycles. The minimum Gasteiger partial charge on any atom is -0.330 e. The van der Waals surface area contributed by atoms with Gasteiger partial charge in [-0.15, -0.1) is 0 Å². The third-order valence-corrected chi connectivity index (χ3v) is 1.98. The van der Waals surface area contributed by atoms with E-state index in [1.807, 2.05) is 24.5 Å². The predicted octanol–water partition coefficient (Wildman–Crippen LogP) is 0.768. The molecule has 2 aromatic heterocycles. The summed E-state index contributed by atoms with van der Waals surface area (Å²) in [5.74, 6) is 0. The van der Waals surface area contributed by atoms with Gasteiger partial charge in [-0.1, -0.05) is 0 Å². The lowest BCUT2D eigenvalue weighted by atomic mass is 10.2. The first kappa shape index (κ1) is 8.90. The molecule has 2 rings (SSSR count). The molecule has 0 aliphatic rings. The average Bonchev–Trinajstić information content (AvgIpc) is 2.71. The number of pyridine rings is 1. The second-order valence-electron chi connectivity index (χ2n) is 3.04. The number of hydrogen-bond acceptors (Lipinski definition) is 3. The Bertz CT molecular complexity index is 394. The molecule has 14 heavy (non-hydrogen) atoms. The minimum absolute atomic E-state index is 0.643. The molecule has 0 aliphatic carbocycles. The van der Waals surface area contributed by atoms with Crippen LogP contribution in [-0.4, -0.2) is 21.3 Å². The van der Waals surface area contributed by atoms with E-state index in [0.717, 1.165) is 17.7 Å². The highest BCUT2D eigenvalue weighted by Crippen LogP contribution is 2.07. The fraction of sp³-hybridized carbons (Fsp3) is 0.200. The first-order valence-electron chi connectivity index (χ1n) is 4.54. The number of aromatic nitrogens is 3. The van der Waals surface area contributed by atoms with Crippen LogP contribution >= 0.6 is 0 Å². The standard InChI is InChI=1S/C10H12N4/c11-3-2-9-6-10(8-12-7-9)14-5-1-4-13-14/h1,4-8H,2-3,11H2. The predicted molar refractivity (Wildman–Crippen MR) is 54.1 cm³/mol. The normalized spacial score (nSPS) is 10.4. The van der Waals surface area contributed by atoms with Crippen LogP contribution in [-0.2, 0) is 6.42 Å². The molecule has 0 atom stereocenters. The van der Waals surface area contributed by atoms with Crippen molar-refractivity contribution in [2.45, 2.75) is 6.42 Å². The summed E-state index contributed by atoms with van der Waals surface area (Å²) in [6.07, 6.45) is 8.10. The van der Waals surface area contributed by atoms with Gasteiger partial charge in [-0.05, 0) is 30.7 Å². The highest BCUT2D eigenvalue weighted by Gasteiger charge is 1.98. The zero-order valence-electron chi connectivity index (χ0n) is 7.80. The van der Waals surface area contributed by atoms with Crippen LogP contribution in [0.25, 0.3) is 5.69 Å². The van der Waals surface area contributed by atoms with Gasteiger partial charge >= 0.3 is 0 Å². The lowest BCUT2D eigenvalue weighted by molar-refractivity contribution is 0.864. The molecule has 0 bridgehead atoms. The molecule has 0 saturated heterocycles. The summed E-state index contributed by atoms with van der Waals surface area (Å²) in [7, 11) is 0. The average molecular weight is 188 g/mol. The smallest absolute Gasteiger partial charge is 0.0831 e. The van der Waals surface area contributed by atoms with Crippen molar-refractivity contribution < 1.29 is 0 Å². The van der Waals surface area contributed by atoms with Crippen LogP contribution in [0.2, 0.25) is 0 Å². The second kappa shape index (κ2) is 4.02. The Morgan fingerprint density at radius 3 is 3.00 bits per heavy atom. The SMILES string of the molecule is NCCc1cncc(-n2cccn2)c1. The molecule has 72 valence electrons. The van der Waals surface area contributed by atoms with Gasteiger partial charge < -0.3 is 5.73 Å². The van der Waals surface area contributed by atoms with E-state index in [1.165, 1.54) is 0 Å². The Morgan fingerprint density at radius 2 is 2.29 bits per heavy atom. The fourth-order valence-electron chi connectivity index (χ4n) is 1.32. The summed E-state index contributed by atoms with van der Waals surface area (Å²) in [5.41, 5.74) is 7.59. The molecule has 4 heteroatoms. The third-order valence-electron chi connectivity index (χ3n) is 1.98. The van der Waals surface area contributed by atoms with Crippen molar-refractivity contribution in [3.8, 4) is 5.69 Å². The zero-order chi connectivity index (χ0) is 9.80. The van der Waals surface area contributed by atoms with Crippen molar-refractivity contribution in [2.24, 2.45) is 5.73 Å². The molecule has 4 nitrogen and oxygen atoms in total. The molecule has 0 saturated carbocycles. The molecule has 0 spiro atoms. The molecule has 0 amide bonds. The molecule has 0 aliphatic heterocycles. The number of hydrogen-bond donors (Lipinski definition) is 1. The molecule has 0 unspecified atom stereocenters. The van der Waals surface area contributed by atoms with Crippen LogP contribution in [0.4, 0.5) is 0 Å². The Kier molecular flexibility index (Phi) is 2.55. The van der Waals surface area contributed by atoms with Crippen LogP contribution in [0, 0.1) is 0 Å². The van der Waals surface area contributed by atoms with Gasteiger partial charge in [-0.25, -0.2) is 4.68 Å². The van der Waals surface area contributed by atoms with Crippen molar-refractivity contribution in [3.63, 3.8) is 0 Å². The Hall–Kier alpha value is -1.68. The van der Waals surface area contributed by atoms with Crippen molar-refractivity contribution >= 4 is 0 Å². The van der Waals surface area contributed by atoms with Crippen LogP contribution in [0.5, 0.6) is 0 Å². The molecular formula is C10H12N4. The monoisotopic (exact) mass is 188 g/mol. The van der Waals surface area contributed by atoms with Gasteiger partial charge in [0, 0.05) is 18.6 Å². The van der Waals surface area contributed by atoms with Crippen LogP contribution in [0.1, 0.15) is 5.56 Å². The van der Waals surface area contributed by atoms with Gasteiger partial charge in [-0.2, -0.15) is 5.10 Å². The summed E-state index contributed by atoms with van der Waals surface area (Å²) in [4.78, 5) is 4.14. The lowest BCUT2D eigenvalue weighted by Gasteiger charge is -2.03. The van der Waals surface area contributed by atoms with Gasteiger partial charge in [0.1, 0.15) is 0 Å². The largest absolute Gasteiger partial charge is 0.330 e. The van der Waals surface area contributed by atoms with E-state index in [2.05, 4.69) is 10.1 Å². The van der Waals surface area contributed by atoms with E-state index in [1.54, 1.807) is 17.1 Å². The third kappa shape index (κ3) is 1.80. The summed E-state index contributed by atoms with van der Waals surface area (Å²) >= 11 is 0. The quantitative estimate of drug-likeness (QED) is 0.774. The first-order chi connectivity index (χ1) is 6.90. The summed E-state index contributed by atoms with van der Waals surface area (Å²) in [6.45, 7) is 0.643. The maximum absolute atomic E-state index is 5.48. The summed E-state index contributed by atoms with van der Waals surface area (Å²) in [5, 5.41) is 4.13. The van der Waals surface area contributed by atoms with Crippen molar-refractivity contribution in [1.82, 2.24) is 14.8 Å². The van der Waals surface area contributed by atoms with Crippen LogP contribution < -0.4 is 5.73 Å². The van der Waals surface area contributed by atoms with Gasteiger partial charge in [0.05, 0.1) is 11.9 Å². The van der Waals surface area contributed by atoms with E-state index in [0.29, 0.717) is 6.54 Å². The molecule has 0 radical (unpaired) electrons. The van der Waals surface area contributed by atoms with E-state index in [-0.39, 0.29) is 0 Å². The second-order valence-corrected chi connectivity index (χ2v) is 3.04. The summed E-state index contributed by atoms with van der Waals surface area (Å²) < 4.78 is 1.78. The number of nitrogens with zero attached hydrogens (tertiary/aromatic N) is 3. The first-order valence-corrected chi connectivity index (χ1v) is 4.54. The van der Waals surface area contributed by atoms with E-state index >= 15 is 0 Å². The number of rotatable bonds is 3. The van der Waals surface area contributed by atoms with Gasteiger partial charge in [0.2, 0.25) is 0 Å². The fourth-order valence-corrected chi connectivity index (χ4v) is 1.32. The van der Waals surface area contributed by atoms with Crippen molar-refractivity contribution in [1.29, 1.82) is 0 Å². The molecule has 2 N–H and O–H groups in total.